The van der Waals surface area contributed by atoms with Crippen molar-refractivity contribution in [2.75, 3.05) is 18.2 Å². The molecule has 4 N–H and O–H groups in total. The van der Waals surface area contributed by atoms with Crippen molar-refractivity contribution in [2.45, 2.75) is 29.7 Å². The lowest BCUT2D eigenvalue weighted by atomic mass is 10.0. The minimum Gasteiger partial charge on any atom is -0.388 e. The van der Waals surface area contributed by atoms with Gasteiger partial charge in [-0.15, -0.1) is 0 Å². The Labute approximate surface area is 133 Å². The van der Waals surface area contributed by atoms with Gasteiger partial charge in [0.25, 0.3) is 5.56 Å². The maximum Gasteiger partial charge on any atom is 0.270 e. The van der Waals surface area contributed by atoms with Gasteiger partial charge >= 0.3 is 0 Å². The number of hydrogen-bond donors (Lipinski definition) is 4. The topological polar surface area (TPSA) is 117 Å². The van der Waals surface area contributed by atoms with Crippen molar-refractivity contribution in [2.24, 2.45) is 7.05 Å². The standard InChI is InChI=1S/C11H16BrN3O5S/c1-15-10(19)5(12)8(14-11(15)21-2)13-9-7(18)6(17)4(16)3-20-9/h4,6-7,9,13,16-18H,3H2,1-2H3/t4-,6-,7-,9-/m1/s1. The Balaban J connectivity index is 2.28. The lowest BCUT2D eigenvalue weighted by Crippen LogP contribution is -2.55. The number of hydrogen-bond acceptors (Lipinski definition) is 8. The first-order valence-electron chi connectivity index (χ1n) is 6.09. The molecule has 0 aromatic carbocycles. The smallest absolute Gasteiger partial charge is 0.270 e. The largest absolute Gasteiger partial charge is 0.388 e. The second kappa shape index (κ2) is 6.63. The molecule has 10 heteroatoms. The number of aliphatic hydroxyl groups excluding tert-OH is 3. The summed E-state index contributed by atoms with van der Waals surface area (Å²) in [5.41, 5.74) is -0.289. The Morgan fingerprint density at radius 3 is 2.71 bits per heavy atom. The highest BCUT2D eigenvalue weighted by atomic mass is 79.9. The first-order valence-corrected chi connectivity index (χ1v) is 8.11. The van der Waals surface area contributed by atoms with Crippen LogP contribution in [-0.2, 0) is 11.8 Å². The molecule has 0 amide bonds. The molecule has 0 aliphatic carbocycles. The molecule has 0 spiro atoms. The molecule has 1 fully saturated rings. The van der Waals surface area contributed by atoms with Crippen LogP contribution in [0.5, 0.6) is 0 Å². The summed E-state index contributed by atoms with van der Waals surface area (Å²) in [7, 11) is 1.60. The molecular formula is C11H16BrN3O5S. The van der Waals surface area contributed by atoms with Gasteiger partial charge in [0.05, 0.1) is 6.61 Å². The molecular weight excluding hydrogens is 366 g/mol. The van der Waals surface area contributed by atoms with Crippen LogP contribution in [0.3, 0.4) is 0 Å². The first-order chi connectivity index (χ1) is 9.86. The molecule has 118 valence electrons. The monoisotopic (exact) mass is 381 g/mol. The zero-order chi connectivity index (χ0) is 15.7. The van der Waals surface area contributed by atoms with E-state index in [1.165, 1.54) is 16.3 Å². The number of halogens is 1. The van der Waals surface area contributed by atoms with E-state index in [-0.39, 0.29) is 22.5 Å². The normalized spacial score (nSPS) is 29.4. The van der Waals surface area contributed by atoms with Gasteiger partial charge in [-0.3, -0.25) is 9.36 Å². The Kier molecular flexibility index (Phi) is 5.28. The summed E-state index contributed by atoms with van der Waals surface area (Å²) in [4.78, 5) is 16.3. The molecule has 4 atom stereocenters. The number of nitrogens with one attached hydrogen (secondary N) is 1. The molecule has 21 heavy (non-hydrogen) atoms. The highest BCUT2D eigenvalue weighted by Gasteiger charge is 2.38. The number of aliphatic hydroxyl groups is 3. The van der Waals surface area contributed by atoms with Gasteiger partial charge < -0.3 is 25.4 Å². The van der Waals surface area contributed by atoms with Crippen LogP contribution in [0, 0.1) is 0 Å². The van der Waals surface area contributed by atoms with Gasteiger partial charge in [-0.2, -0.15) is 0 Å². The Morgan fingerprint density at radius 1 is 1.43 bits per heavy atom. The van der Waals surface area contributed by atoms with Gasteiger partial charge in [0.15, 0.2) is 17.2 Å². The molecule has 0 unspecified atom stereocenters. The Morgan fingerprint density at radius 2 is 2.10 bits per heavy atom. The van der Waals surface area contributed by atoms with Crippen molar-refractivity contribution >= 4 is 33.5 Å². The van der Waals surface area contributed by atoms with Gasteiger partial charge in [-0.25, -0.2) is 4.98 Å². The maximum atomic E-state index is 12.0. The van der Waals surface area contributed by atoms with Crippen molar-refractivity contribution in [3.8, 4) is 0 Å². The third-order valence-electron chi connectivity index (χ3n) is 3.16. The van der Waals surface area contributed by atoms with E-state index in [0.29, 0.717) is 5.16 Å². The fraction of sp³-hybridized carbons (Fsp3) is 0.636. The lowest BCUT2D eigenvalue weighted by molar-refractivity contribution is -0.178. The van der Waals surface area contributed by atoms with E-state index in [4.69, 9.17) is 4.74 Å². The third-order valence-corrected chi connectivity index (χ3v) is 4.60. The van der Waals surface area contributed by atoms with Crippen LogP contribution in [-0.4, -0.2) is 62.3 Å². The number of ether oxygens (including phenoxy) is 1. The Hall–Kier alpha value is -0.650. The molecule has 1 aromatic heterocycles. The van der Waals surface area contributed by atoms with Gasteiger partial charge in [0.1, 0.15) is 22.8 Å². The van der Waals surface area contributed by atoms with Crippen molar-refractivity contribution < 1.29 is 20.1 Å². The van der Waals surface area contributed by atoms with Crippen LogP contribution in [0.25, 0.3) is 0 Å². The van der Waals surface area contributed by atoms with Gasteiger partial charge in [0.2, 0.25) is 0 Å². The van der Waals surface area contributed by atoms with Crippen LogP contribution in [0.4, 0.5) is 5.82 Å². The second-order valence-corrected chi connectivity index (χ2v) is 6.14. The molecule has 8 nitrogen and oxygen atoms in total. The van der Waals surface area contributed by atoms with Gasteiger partial charge in [-0.1, -0.05) is 11.8 Å². The minimum absolute atomic E-state index is 0.131. The summed E-state index contributed by atoms with van der Waals surface area (Å²) in [5.74, 6) is 0.204. The van der Waals surface area contributed by atoms with E-state index >= 15 is 0 Å². The predicted molar refractivity (Wildman–Crippen MR) is 80.3 cm³/mol. The van der Waals surface area contributed by atoms with E-state index in [0.717, 1.165) is 0 Å². The zero-order valence-corrected chi connectivity index (χ0v) is 13.8. The summed E-state index contributed by atoms with van der Waals surface area (Å²) in [6.07, 6.45) is -3.02. The summed E-state index contributed by atoms with van der Waals surface area (Å²) in [6.45, 7) is -0.131. The molecule has 0 bridgehead atoms. The minimum atomic E-state index is -1.34. The second-order valence-electron chi connectivity index (χ2n) is 4.57. The molecule has 1 saturated heterocycles. The van der Waals surface area contributed by atoms with E-state index in [1.807, 2.05) is 0 Å². The van der Waals surface area contributed by atoms with Gasteiger partial charge in [0, 0.05) is 7.05 Å². The molecule has 1 aliphatic rings. The van der Waals surface area contributed by atoms with E-state index in [1.54, 1.807) is 13.3 Å². The quantitative estimate of drug-likeness (QED) is 0.393. The van der Waals surface area contributed by atoms with Crippen LogP contribution in [0.2, 0.25) is 0 Å². The summed E-state index contributed by atoms with van der Waals surface area (Å²) in [5, 5.41) is 32.2. The highest BCUT2D eigenvalue weighted by Crippen LogP contribution is 2.23. The number of nitrogens with zero attached hydrogens (tertiary/aromatic N) is 2. The highest BCUT2D eigenvalue weighted by molar-refractivity contribution is 9.10. The van der Waals surface area contributed by atoms with E-state index < -0.39 is 24.5 Å². The lowest BCUT2D eigenvalue weighted by Gasteiger charge is -2.35. The fourth-order valence-electron chi connectivity index (χ4n) is 1.90. The van der Waals surface area contributed by atoms with Gasteiger partial charge in [-0.05, 0) is 22.2 Å². The summed E-state index contributed by atoms with van der Waals surface area (Å²) >= 11 is 4.45. The van der Waals surface area contributed by atoms with Crippen LogP contribution < -0.4 is 10.9 Å². The average molecular weight is 382 g/mol. The average Bonchev–Trinajstić information content (AvgIpc) is 2.48. The molecule has 2 rings (SSSR count). The number of aromatic nitrogens is 2. The van der Waals surface area contributed by atoms with Crippen molar-refractivity contribution in [1.29, 1.82) is 0 Å². The maximum absolute atomic E-state index is 12.0. The number of thioether (sulfide) groups is 1. The summed E-state index contributed by atoms with van der Waals surface area (Å²) < 4.78 is 6.81. The Bertz CT molecular complexity index is 584. The fourth-order valence-corrected chi connectivity index (χ4v) is 2.91. The van der Waals surface area contributed by atoms with Crippen molar-refractivity contribution in [3.05, 3.63) is 14.8 Å². The predicted octanol–water partition coefficient (Wildman–Crippen LogP) is -0.884. The SMILES string of the molecule is CSc1nc(N[C@@H]2OC[C@@H](O)[C@@H](O)[C@H]2O)c(Br)c(=O)n1C. The summed E-state index contributed by atoms with van der Waals surface area (Å²) in [6, 6.07) is 0. The zero-order valence-electron chi connectivity index (χ0n) is 11.4. The number of rotatable bonds is 3. The molecule has 1 aliphatic heterocycles. The van der Waals surface area contributed by atoms with Crippen molar-refractivity contribution in [3.63, 3.8) is 0 Å². The van der Waals surface area contributed by atoms with Crippen molar-refractivity contribution in [1.82, 2.24) is 9.55 Å². The van der Waals surface area contributed by atoms with Crippen LogP contribution in [0.1, 0.15) is 0 Å². The first kappa shape index (κ1) is 16.7. The molecule has 2 heterocycles. The van der Waals surface area contributed by atoms with Crippen LogP contribution >= 0.6 is 27.7 Å². The molecule has 0 saturated carbocycles. The molecule has 1 aromatic rings. The molecule has 0 radical (unpaired) electrons. The van der Waals surface area contributed by atoms with Crippen LogP contribution in [0.15, 0.2) is 14.4 Å². The number of anilines is 1. The van der Waals surface area contributed by atoms with E-state index in [2.05, 4.69) is 26.2 Å². The van der Waals surface area contributed by atoms with E-state index in [9.17, 15) is 20.1 Å². The third kappa shape index (κ3) is 3.25.